The number of nitro groups is 1. The van der Waals surface area contributed by atoms with Crippen LogP contribution in [0.5, 0.6) is 0 Å². The van der Waals surface area contributed by atoms with Gasteiger partial charge in [0.05, 0.1) is 4.92 Å². The zero-order valence-corrected chi connectivity index (χ0v) is 11.2. The number of benzene rings is 1. The summed E-state index contributed by atoms with van der Waals surface area (Å²) in [6.07, 6.45) is 2.14. The van der Waals surface area contributed by atoms with Crippen LogP contribution in [0.3, 0.4) is 0 Å². The van der Waals surface area contributed by atoms with E-state index in [-0.39, 0.29) is 22.6 Å². The Morgan fingerprint density at radius 3 is 2.68 bits per heavy atom. The quantitative estimate of drug-likeness (QED) is 0.668. The van der Waals surface area contributed by atoms with Gasteiger partial charge in [-0.25, -0.2) is 0 Å². The molecule has 1 saturated heterocycles. The maximum absolute atomic E-state index is 10.6. The van der Waals surface area contributed by atoms with E-state index in [4.69, 9.17) is 0 Å². The summed E-state index contributed by atoms with van der Waals surface area (Å²) in [7, 11) is 0. The van der Waals surface area contributed by atoms with Gasteiger partial charge in [-0.2, -0.15) is 0 Å². The highest BCUT2D eigenvalue weighted by molar-refractivity contribution is 5.32. The third kappa shape index (κ3) is 3.52. The summed E-state index contributed by atoms with van der Waals surface area (Å²) in [6.45, 7) is 5.00. The van der Waals surface area contributed by atoms with Crippen LogP contribution >= 0.6 is 0 Å². The molecular weight excluding hydrogens is 244 g/mol. The summed E-state index contributed by atoms with van der Waals surface area (Å²) >= 11 is 0. The summed E-state index contributed by atoms with van der Waals surface area (Å²) in [6, 6.07) is 6.71. The van der Waals surface area contributed by atoms with E-state index in [0.29, 0.717) is 0 Å². The van der Waals surface area contributed by atoms with Gasteiger partial charge in [-0.1, -0.05) is 19.1 Å². The number of nitro benzene ring substituents is 1. The van der Waals surface area contributed by atoms with Crippen molar-refractivity contribution in [1.82, 2.24) is 4.90 Å². The first-order valence-electron chi connectivity index (χ1n) is 6.59. The van der Waals surface area contributed by atoms with Crippen LogP contribution in [0.1, 0.15) is 25.3 Å². The van der Waals surface area contributed by atoms with Crippen molar-refractivity contribution in [2.24, 2.45) is 5.41 Å². The smallest absolute Gasteiger partial charge is 0.269 e. The Labute approximate surface area is 113 Å². The molecule has 1 atom stereocenters. The lowest BCUT2D eigenvalue weighted by atomic mass is 9.82. The molecule has 2 rings (SSSR count). The van der Waals surface area contributed by atoms with Crippen molar-refractivity contribution in [3.63, 3.8) is 0 Å². The minimum atomic E-state index is -0.381. The van der Waals surface area contributed by atoms with Gasteiger partial charge in [-0.15, -0.1) is 0 Å². The number of hydrogen-bond acceptors (Lipinski definition) is 4. The standard InChI is InChI=1S/C14H20N2O3/c1-14(11-17)7-2-8-15(10-14)9-12-3-5-13(6-4-12)16(18)19/h3-6,17H,2,7-11H2,1H3. The zero-order valence-electron chi connectivity index (χ0n) is 11.2. The second kappa shape index (κ2) is 5.67. The van der Waals surface area contributed by atoms with Crippen LogP contribution < -0.4 is 0 Å². The minimum absolute atomic E-state index is 0.0149. The number of aliphatic hydroxyl groups excluding tert-OH is 1. The molecule has 0 spiro atoms. The number of hydrogen-bond donors (Lipinski definition) is 1. The van der Waals surface area contributed by atoms with Crippen LogP contribution in [-0.2, 0) is 6.54 Å². The SMILES string of the molecule is CC1(CO)CCCN(Cc2ccc([N+](=O)[O-])cc2)C1. The average Bonchev–Trinajstić information content (AvgIpc) is 2.39. The van der Waals surface area contributed by atoms with Crippen molar-refractivity contribution in [2.45, 2.75) is 26.3 Å². The summed E-state index contributed by atoms with van der Waals surface area (Å²) in [4.78, 5) is 12.5. The molecule has 0 aromatic heterocycles. The molecule has 5 heteroatoms. The molecule has 1 unspecified atom stereocenters. The average molecular weight is 264 g/mol. The Hall–Kier alpha value is -1.46. The van der Waals surface area contributed by atoms with E-state index in [2.05, 4.69) is 11.8 Å². The fourth-order valence-corrected chi connectivity index (χ4v) is 2.67. The van der Waals surface area contributed by atoms with E-state index in [1.165, 1.54) is 0 Å². The van der Waals surface area contributed by atoms with Gasteiger partial charge in [0.15, 0.2) is 0 Å². The Bertz CT molecular complexity index is 447. The van der Waals surface area contributed by atoms with Crippen LogP contribution in [0.4, 0.5) is 5.69 Å². The highest BCUT2D eigenvalue weighted by Gasteiger charge is 2.30. The monoisotopic (exact) mass is 264 g/mol. The first-order valence-corrected chi connectivity index (χ1v) is 6.59. The summed E-state index contributed by atoms with van der Waals surface area (Å²) in [5.74, 6) is 0. The summed E-state index contributed by atoms with van der Waals surface area (Å²) in [5, 5.41) is 20.0. The molecule has 104 valence electrons. The van der Waals surface area contributed by atoms with Crippen LogP contribution in [0.2, 0.25) is 0 Å². The molecule has 1 heterocycles. The summed E-state index contributed by atoms with van der Waals surface area (Å²) in [5.41, 5.74) is 1.19. The fourth-order valence-electron chi connectivity index (χ4n) is 2.67. The number of nitrogens with zero attached hydrogens (tertiary/aromatic N) is 2. The Morgan fingerprint density at radius 1 is 1.42 bits per heavy atom. The van der Waals surface area contributed by atoms with Crippen molar-refractivity contribution in [3.05, 3.63) is 39.9 Å². The number of aliphatic hydroxyl groups is 1. The lowest BCUT2D eigenvalue weighted by Crippen LogP contribution is -2.43. The van der Waals surface area contributed by atoms with Crippen LogP contribution in [0.15, 0.2) is 24.3 Å². The van der Waals surface area contributed by atoms with E-state index < -0.39 is 0 Å². The number of likely N-dealkylation sites (tertiary alicyclic amines) is 1. The molecule has 1 fully saturated rings. The third-order valence-corrected chi connectivity index (χ3v) is 3.80. The predicted octanol–water partition coefficient (Wildman–Crippen LogP) is 2.19. The number of non-ortho nitro benzene ring substituents is 1. The molecule has 19 heavy (non-hydrogen) atoms. The van der Waals surface area contributed by atoms with Gasteiger partial charge in [0.1, 0.15) is 0 Å². The van der Waals surface area contributed by atoms with E-state index in [9.17, 15) is 15.2 Å². The molecule has 5 nitrogen and oxygen atoms in total. The van der Waals surface area contributed by atoms with Gasteiger partial charge in [-0.05, 0) is 24.9 Å². The van der Waals surface area contributed by atoms with E-state index >= 15 is 0 Å². The maximum Gasteiger partial charge on any atom is 0.269 e. The van der Waals surface area contributed by atoms with Gasteiger partial charge >= 0.3 is 0 Å². The van der Waals surface area contributed by atoms with Crippen LogP contribution in [0.25, 0.3) is 0 Å². The molecule has 1 N–H and O–H groups in total. The molecule has 0 aliphatic carbocycles. The maximum atomic E-state index is 10.6. The van der Waals surface area contributed by atoms with Crippen molar-refractivity contribution in [2.75, 3.05) is 19.7 Å². The second-order valence-corrected chi connectivity index (χ2v) is 5.71. The zero-order chi connectivity index (χ0) is 13.9. The van der Waals surface area contributed by atoms with E-state index in [0.717, 1.165) is 38.0 Å². The van der Waals surface area contributed by atoms with E-state index in [1.807, 2.05) is 12.1 Å². The number of piperidine rings is 1. The topological polar surface area (TPSA) is 66.6 Å². The third-order valence-electron chi connectivity index (χ3n) is 3.80. The van der Waals surface area contributed by atoms with Gasteiger partial charge in [0.2, 0.25) is 0 Å². The van der Waals surface area contributed by atoms with Crippen molar-refractivity contribution in [3.8, 4) is 0 Å². The van der Waals surface area contributed by atoms with Crippen molar-refractivity contribution in [1.29, 1.82) is 0 Å². The highest BCUT2D eigenvalue weighted by atomic mass is 16.6. The van der Waals surface area contributed by atoms with E-state index in [1.54, 1.807) is 12.1 Å². The van der Waals surface area contributed by atoms with Gasteiger partial charge < -0.3 is 5.11 Å². The Kier molecular flexibility index (Phi) is 4.17. The molecule has 1 aliphatic rings. The van der Waals surface area contributed by atoms with Crippen LogP contribution in [-0.4, -0.2) is 34.6 Å². The first kappa shape index (κ1) is 14.0. The molecular formula is C14H20N2O3. The molecule has 1 aromatic carbocycles. The second-order valence-electron chi connectivity index (χ2n) is 5.71. The minimum Gasteiger partial charge on any atom is -0.396 e. The molecule has 0 amide bonds. The molecule has 0 saturated carbocycles. The van der Waals surface area contributed by atoms with Gasteiger partial charge in [0.25, 0.3) is 5.69 Å². The largest absolute Gasteiger partial charge is 0.396 e. The number of rotatable bonds is 4. The normalized spacial score (nSPS) is 24.3. The predicted molar refractivity (Wildman–Crippen MR) is 72.8 cm³/mol. The van der Waals surface area contributed by atoms with Gasteiger partial charge in [-0.3, -0.25) is 15.0 Å². The highest BCUT2D eigenvalue weighted by Crippen LogP contribution is 2.29. The van der Waals surface area contributed by atoms with Crippen LogP contribution in [0, 0.1) is 15.5 Å². The molecule has 0 bridgehead atoms. The fraction of sp³-hybridized carbons (Fsp3) is 0.571. The van der Waals surface area contributed by atoms with Crippen molar-refractivity contribution < 1.29 is 10.0 Å². The lowest BCUT2D eigenvalue weighted by Gasteiger charge is -2.39. The lowest BCUT2D eigenvalue weighted by molar-refractivity contribution is -0.384. The molecule has 1 aromatic rings. The summed E-state index contributed by atoms with van der Waals surface area (Å²) < 4.78 is 0. The molecule has 0 radical (unpaired) electrons. The Balaban J connectivity index is 1.99. The van der Waals surface area contributed by atoms with Crippen molar-refractivity contribution >= 4 is 5.69 Å². The Morgan fingerprint density at radius 2 is 2.11 bits per heavy atom. The molecule has 1 aliphatic heterocycles. The van der Waals surface area contributed by atoms with Gasteiger partial charge in [0, 0.05) is 37.2 Å². The first-order chi connectivity index (χ1) is 9.02.